The van der Waals surface area contributed by atoms with Gasteiger partial charge in [-0.25, -0.2) is 0 Å². The van der Waals surface area contributed by atoms with Crippen molar-refractivity contribution >= 4 is 5.69 Å². The fourth-order valence-electron chi connectivity index (χ4n) is 4.13. The van der Waals surface area contributed by atoms with Gasteiger partial charge in [-0.15, -0.1) is 0 Å². The van der Waals surface area contributed by atoms with Crippen molar-refractivity contribution in [2.45, 2.75) is 50.3 Å². The number of nitrogens with zero attached hydrogens (tertiary/aromatic N) is 3. The summed E-state index contributed by atoms with van der Waals surface area (Å²) in [5, 5.41) is 29.8. The summed E-state index contributed by atoms with van der Waals surface area (Å²) in [6, 6.07) is 0.669. The quantitative estimate of drug-likeness (QED) is 0.719. The Balaban J connectivity index is 1.71. The summed E-state index contributed by atoms with van der Waals surface area (Å²) in [5.41, 5.74) is -0.588. The van der Waals surface area contributed by atoms with Gasteiger partial charge in [0, 0.05) is 38.4 Å². The maximum Gasteiger partial charge on any atom is 0.418 e. The maximum absolute atomic E-state index is 13.3. The number of anilines is 1. The van der Waals surface area contributed by atoms with E-state index >= 15 is 0 Å². The predicted molar refractivity (Wildman–Crippen MR) is 93.2 cm³/mol. The number of aliphatic hydroxyl groups is 3. The summed E-state index contributed by atoms with van der Waals surface area (Å²) in [7, 11) is 0. The Hall–Kier alpha value is -1.42. The second kappa shape index (κ2) is 7.90. The number of β-amino-alcohol motifs (C(OH)–C–C–N with tert-alkyl or cyclic N) is 1. The zero-order valence-electron chi connectivity index (χ0n) is 15.2. The lowest BCUT2D eigenvalue weighted by Gasteiger charge is -2.45. The van der Waals surface area contributed by atoms with Crippen molar-refractivity contribution in [1.29, 1.82) is 0 Å². The van der Waals surface area contributed by atoms with E-state index in [4.69, 9.17) is 0 Å². The van der Waals surface area contributed by atoms with Gasteiger partial charge in [-0.2, -0.15) is 13.2 Å². The van der Waals surface area contributed by atoms with E-state index in [1.54, 1.807) is 11.8 Å². The molecule has 9 heteroatoms. The first kappa shape index (κ1) is 20.3. The number of alkyl halides is 3. The van der Waals surface area contributed by atoms with Crippen LogP contribution in [0.2, 0.25) is 0 Å². The molecule has 2 saturated heterocycles. The van der Waals surface area contributed by atoms with Crippen LogP contribution in [0.15, 0.2) is 18.5 Å². The van der Waals surface area contributed by atoms with Gasteiger partial charge in [0.2, 0.25) is 0 Å². The summed E-state index contributed by atoms with van der Waals surface area (Å²) in [5.74, 6) is 0.0946. The van der Waals surface area contributed by atoms with Gasteiger partial charge in [-0.1, -0.05) is 0 Å². The average molecular weight is 389 g/mol. The van der Waals surface area contributed by atoms with Gasteiger partial charge in [0.25, 0.3) is 0 Å². The SMILES string of the molecule is C[C@@H]1[C@@H](O)[C@H](O)[C@@H](O)CN1CC1CCCN(c2cnccc2C(F)(F)F)C1. The molecule has 0 saturated carbocycles. The fraction of sp³-hybridized carbons (Fsp3) is 0.722. The Morgan fingerprint density at radius 3 is 2.63 bits per heavy atom. The lowest BCUT2D eigenvalue weighted by Crippen LogP contribution is -2.61. The number of aliphatic hydroxyl groups excluding tert-OH is 3. The van der Waals surface area contributed by atoms with Crippen molar-refractivity contribution in [3.8, 4) is 0 Å². The average Bonchev–Trinajstić information content (AvgIpc) is 2.64. The molecule has 152 valence electrons. The minimum Gasteiger partial charge on any atom is -0.389 e. The maximum atomic E-state index is 13.3. The van der Waals surface area contributed by atoms with Gasteiger partial charge >= 0.3 is 6.18 Å². The van der Waals surface area contributed by atoms with Crippen LogP contribution in [0, 0.1) is 5.92 Å². The highest BCUT2D eigenvalue weighted by atomic mass is 19.4. The highest BCUT2D eigenvalue weighted by Crippen LogP contribution is 2.37. The van der Waals surface area contributed by atoms with Crippen LogP contribution in [0.1, 0.15) is 25.3 Å². The molecule has 0 radical (unpaired) electrons. The van der Waals surface area contributed by atoms with Gasteiger partial charge in [-0.05, 0) is 31.7 Å². The Bertz CT molecular complexity index is 646. The molecular weight excluding hydrogens is 363 g/mol. The molecule has 1 aromatic rings. The third-order valence-electron chi connectivity index (χ3n) is 5.69. The highest BCUT2D eigenvalue weighted by molar-refractivity contribution is 5.53. The van der Waals surface area contributed by atoms with E-state index in [9.17, 15) is 28.5 Å². The monoisotopic (exact) mass is 389 g/mol. The topological polar surface area (TPSA) is 80.1 Å². The van der Waals surface area contributed by atoms with Crippen molar-refractivity contribution in [2.24, 2.45) is 5.92 Å². The van der Waals surface area contributed by atoms with Crippen LogP contribution in [0.3, 0.4) is 0 Å². The molecule has 3 N–H and O–H groups in total. The first-order valence-electron chi connectivity index (χ1n) is 9.23. The number of halogens is 3. The van der Waals surface area contributed by atoms with E-state index < -0.39 is 30.1 Å². The van der Waals surface area contributed by atoms with Crippen molar-refractivity contribution in [1.82, 2.24) is 9.88 Å². The zero-order valence-corrected chi connectivity index (χ0v) is 15.2. The van der Waals surface area contributed by atoms with E-state index in [0.29, 0.717) is 19.6 Å². The first-order valence-corrected chi connectivity index (χ1v) is 9.23. The van der Waals surface area contributed by atoms with Crippen molar-refractivity contribution in [3.63, 3.8) is 0 Å². The molecule has 1 aromatic heterocycles. The highest BCUT2D eigenvalue weighted by Gasteiger charge is 2.40. The van der Waals surface area contributed by atoms with Crippen molar-refractivity contribution in [3.05, 3.63) is 24.0 Å². The summed E-state index contributed by atoms with van der Waals surface area (Å²) in [6.45, 7) is 3.54. The summed E-state index contributed by atoms with van der Waals surface area (Å²) in [6.07, 6.45) is -3.67. The molecule has 0 amide bonds. The van der Waals surface area contributed by atoms with Crippen LogP contribution in [-0.2, 0) is 6.18 Å². The lowest BCUT2D eigenvalue weighted by atomic mass is 9.91. The van der Waals surface area contributed by atoms with Crippen molar-refractivity contribution < 1.29 is 28.5 Å². The zero-order chi connectivity index (χ0) is 19.8. The molecule has 2 aliphatic rings. The van der Waals surface area contributed by atoms with Gasteiger partial charge in [0.05, 0.1) is 29.7 Å². The smallest absolute Gasteiger partial charge is 0.389 e. The number of likely N-dealkylation sites (tertiary alicyclic amines) is 1. The van der Waals surface area contributed by atoms with E-state index in [-0.39, 0.29) is 24.2 Å². The third kappa shape index (κ3) is 4.37. The summed E-state index contributed by atoms with van der Waals surface area (Å²) in [4.78, 5) is 7.50. The third-order valence-corrected chi connectivity index (χ3v) is 5.69. The molecular formula is C18H26F3N3O3. The van der Waals surface area contributed by atoms with E-state index in [1.807, 2.05) is 4.90 Å². The molecule has 6 nitrogen and oxygen atoms in total. The Morgan fingerprint density at radius 1 is 1.19 bits per heavy atom. The van der Waals surface area contributed by atoms with Gasteiger partial charge in [-0.3, -0.25) is 9.88 Å². The molecule has 0 aromatic carbocycles. The van der Waals surface area contributed by atoms with Crippen LogP contribution in [0.25, 0.3) is 0 Å². The second-order valence-electron chi connectivity index (χ2n) is 7.59. The van der Waals surface area contributed by atoms with Crippen LogP contribution in [-0.4, -0.2) is 75.7 Å². The van der Waals surface area contributed by atoms with Gasteiger partial charge in [0.15, 0.2) is 0 Å². The summed E-state index contributed by atoms with van der Waals surface area (Å²) < 4.78 is 39.9. The molecule has 3 heterocycles. The number of rotatable bonds is 3. The Kier molecular flexibility index (Phi) is 5.95. The number of piperidine rings is 2. The molecule has 2 fully saturated rings. The number of pyridine rings is 1. The van der Waals surface area contributed by atoms with E-state index in [1.165, 1.54) is 6.20 Å². The molecule has 27 heavy (non-hydrogen) atoms. The molecule has 1 unspecified atom stereocenters. The van der Waals surface area contributed by atoms with Crippen LogP contribution < -0.4 is 4.90 Å². The summed E-state index contributed by atoms with van der Waals surface area (Å²) >= 11 is 0. The fourth-order valence-corrected chi connectivity index (χ4v) is 4.13. The minimum atomic E-state index is -4.43. The van der Waals surface area contributed by atoms with Crippen LogP contribution in [0.4, 0.5) is 18.9 Å². The molecule has 5 atom stereocenters. The largest absolute Gasteiger partial charge is 0.418 e. The molecule has 0 spiro atoms. The standard InChI is InChI=1S/C18H26F3N3O3/c1-11-16(26)17(27)15(25)10-24(11)9-12-3-2-6-23(8-12)14-7-22-5-4-13(14)18(19,20)21/h4-5,7,11-12,15-17,25-27H,2-3,6,8-10H2,1H3/t11-,12?,15+,16-,17-/m1/s1. The number of hydrogen-bond acceptors (Lipinski definition) is 6. The van der Waals surface area contributed by atoms with Gasteiger partial charge in [0.1, 0.15) is 6.10 Å². The normalized spacial score (nSPS) is 33.3. The van der Waals surface area contributed by atoms with E-state index in [0.717, 1.165) is 25.1 Å². The minimum absolute atomic E-state index is 0.0943. The molecule has 2 aliphatic heterocycles. The molecule has 0 aliphatic carbocycles. The van der Waals surface area contributed by atoms with Gasteiger partial charge < -0.3 is 20.2 Å². The molecule has 3 rings (SSSR count). The predicted octanol–water partition coefficient (Wildman–Crippen LogP) is 1.10. The van der Waals surface area contributed by atoms with Crippen LogP contribution >= 0.6 is 0 Å². The number of hydrogen-bond donors (Lipinski definition) is 3. The Labute approximate surface area is 156 Å². The second-order valence-corrected chi connectivity index (χ2v) is 7.59. The first-order chi connectivity index (χ1) is 12.7. The number of aromatic nitrogens is 1. The molecule has 0 bridgehead atoms. The van der Waals surface area contributed by atoms with Crippen LogP contribution in [0.5, 0.6) is 0 Å². The lowest BCUT2D eigenvalue weighted by molar-refractivity contribution is -0.137. The van der Waals surface area contributed by atoms with E-state index in [2.05, 4.69) is 4.98 Å². The van der Waals surface area contributed by atoms with Crippen molar-refractivity contribution in [2.75, 3.05) is 31.1 Å². The Morgan fingerprint density at radius 2 is 1.93 bits per heavy atom.